The summed E-state index contributed by atoms with van der Waals surface area (Å²) in [5.74, 6) is -0.185. The fraction of sp³-hybridized carbons (Fsp3) is 0.444. The molecule has 158 valence electrons. The Hall–Kier alpha value is -2.40. The minimum absolute atomic E-state index is 0.0146. The minimum atomic E-state index is -4.46. The summed E-state index contributed by atoms with van der Waals surface area (Å²) in [4.78, 5) is 14.0. The van der Waals surface area contributed by atoms with E-state index in [2.05, 4.69) is 9.88 Å². The van der Waals surface area contributed by atoms with E-state index in [0.717, 1.165) is 24.3 Å². The topological polar surface area (TPSA) is 92.5 Å². The molecule has 0 spiro atoms. The molecule has 3 rings (SSSR count). The van der Waals surface area contributed by atoms with Crippen molar-refractivity contribution in [1.29, 1.82) is 0 Å². The van der Waals surface area contributed by atoms with Crippen LogP contribution in [0.2, 0.25) is 0 Å². The summed E-state index contributed by atoms with van der Waals surface area (Å²) in [5.41, 5.74) is -0.390. The zero-order valence-electron chi connectivity index (χ0n) is 15.8. The van der Waals surface area contributed by atoms with Gasteiger partial charge in [0.05, 0.1) is 5.56 Å². The fourth-order valence-corrected chi connectivity index (χ4v) is 4.96. The van der Waals surface area contributed by atoms with Crippen molar-refractivity contribution in [2.24, 2.45) is 0 Å². The van der Waals surface area contributed by atoms with Crippen molar-refractivity contribution in [1.82, 2.24) is 14.8 Å². The van der Waals surface area contributed by atoms with Crippen LogP contribution in [0, 0.1) is 13.8 Å². The number of likely N-dealkylation sites (tertiary alicyclic amines) is 1. The zero-order chi connectivity index (χ0) is 21.4. The van der Waals surface area contributed by atoms with Gasteiger partial charge in [-0.2, -0.15) is 13.2 Å². The number of halogens is 3. The van der Waals surface area contributed by atoms with Crippen LogP contribution in [0.3, 0.4) is 0 Å². The van der Waals surface area contributed by atoms with Crippen molar-refractivity contribution < 1.29 is 30.9 Å². The van der Waals surface area contributed by atoms with Gasteiger partial charge in [0.15, 0.2) is 5.76 Å². The summed E-state index contributed by atoms with van der Waals surface area (Å²) in [6, 6.07) is 3.68. The van der Waals surface area contributed by atoms with Gasteiger partial charge in [-0.05, 0) is 51.0 Å². The lowest BCUT2D eigenvalue weighted by Gasteiger charge is -2.32. The lowest BCUT2D eigenvalue weighted by atomic mass is 10.0. The number of hydrogen-bond donors (Lipinski definition) is 1. The third-order valence-electron chi connectivity index (χ3n) is 4.80. The van der Waals surface area contributed by atoms with Crippen molar-refractivity contribution in [2.45, 2.75) is 43.8 Å². The van der Waals surface area contributed by atoms with Crippen LogP contribution in [0.15, 0.2) is 33.7 Å². The lowest BCUT2D eigenvalue weighted by molar-refractivity contribution is -0.137. The van der Waals surface area contributed by atoms with E-state index in [1.54, 1.807) is 0 Å². The largest absolute Gasteiger partial charge is 0.416 e. The number of hydrogen-bond acceptors (Lipinski definition) is 5. The fourth-order valence-electron chi connectivity index (χ4n) is 3.32. The lowest BCUT2D eigenvalue weighted by Crippen LogP contribution is -2.46. The second-order valence-corrected chi connectivity index (χ2v) is 8.57. The van der Waals surface area contributed by atoms with Gasteiger partial charge in [-0.15, -0.1) is 0 Å². The van der Waals surface area contributed by atoms with Crippen molar-refractivity contribution in [3.05, 3.63) is 46.8 Å². The molecule has 2 heterocycles. The molecule has 1 saturated heterocycles. The van der Waals surface area contributed by atoms with E-state index in [9.17, 15) is 26.4 Å². The van der Waals surface area contributed by atoms with Gasteiger partial charge in [0.25, 0.3) is 5.91 Å². The van der Waals surface area contributed by atoms with E-state index >= 15 is 0 Å². The van der Waals surface area contributed by atoms with Crippen LogP contribution in [0.25, 0.3) is 0 Å². The van der Waals surface area contributed by atoms with E-state index in [1.165, 1.54) is 18.7 Å². The average molecular weight is 431 g/mol. The molecule has 0 bridgehead atoms. The van der Waals surface area contributed by atoms with Gasteiger partial charge in [0, 0.05) is 24.7 Å². The molecule has 1 aromatic heterocycles. The van der Waals surface area contributed by atoms with Crippen LogP contribution < -0.4 is 4.72 Å². The number of carbonyl (C=O) groups is 1. The number of alkyl halides is 3. The number of sulfonamides is 1. The average Bonchev–Trinajstić information content (AvgIpc) is 3.00. The Labute approximate surface area is 165 Å². The summed E-state index contributed by atoms with van der Waals surface area (Å²) in [5, 5.41) is 3.65. The predicted molar refractivity (Wildman–Crippen MR) is 96.7 cm³/mol. The Bertz CT molecular complexity index is 973. The molecular weight excluding hydrogens is 411 g/mol. The highest BCUT2D eigenvalue weighted by Gasteiger charge is 2.32. The molecule has 2 aromatic rings. The third-order valence-corrected chi connectivity index (χ3v) is 6.56. The maximum atomic E-state index is 12.6. The number of nitrogens with zero attached hydrogens (tertiary/aromatic N) is 2. The van der Waals surface area contributed by atoms with Crippen molar-refractivity contribution in [3.63, 3.8) is 0 Å². The monoisotopic (exact) mass is 431 g/mol. The molecule has 0 saturated carbocycles. The molecule has 0 aliphatic carbocycles. The molecule has 1 fully saturated rings. The maximum Gasteiger partial charge on any atom is 0.416 e. The molecule has 0 atom stereocenters. The molecule has 0 radical (unpaired) electrons. The van der Waals surface area contributed by atoms with Crippen molar-refractivity contribution in [3.8, 4) is 0 Å². The normalized spacial score (nSPS) is 16.2. The Morgan fingerprint density at radius 3 is 2.24 bits per heavy atom. The molecular formula is C18H20F3N3O4S. The molecule has 1 aliphatic heterocycles. The van der Waals surface area contributed by atoms with Crippen LogP contribution in [0.5, 0.6) is 0 Å². The van der Waals surface area contributed by atoms with E-state index in [1.807, 2.05) is 0 Å². The summed E-state index contributed by atoms with van der Waals surface area (Å²) < 4.78 is 70.6. The first-order chi connectivity index (χ1) is 13.5. The van der Waals surface area contributed by atoms with E-state index in [4.69, 9.17) is 4.52 Å². The van der Waals surface area contributed by atoms with Gasteiger partial charge >= 0.3 is 6.18 Å². The summed E-state index contributed by atoms with van der Waals surface area (Å²) in [7, 11) is -3.80. The van der Waals surface area contributed by atoms with Crippen LogP contribution in [-0.4, -0.2) is 43.5 Å². The Morgan fingerprint density at radius 1 is 1.17 bits per heavy atom. The van der Waals surface area contributed by atoms with E-state index < -0.39 is 21.8 Å². The Balaban J connectivity index is 1.61. The number of nitrogens with one attached hydrogen (secondary N) is 1. The van der Waals surface area contributed by atoms with E-state index in [-0.39, 0.29) is 47.0 Å². The zero-order valence-corrected chi connectivity index (χ0v) is 16.6. The molecule has 11 heteroatoms. The van der Waals surface area contributed by atoms with Crippen LogP contribution in [0.4, 0.5) is 13.2 Å². The number of carbonyl (C=O) groups excluding carboxylic acids is 1. The number of benzene rings is 1. The third kappa shape index (κ3) is 4.61. The molecule has 7 nitrogen and oxygen atoms in total. The molecule has 1 aliphatic rings. The molecule has 29 heavy (non-hydrogen) atoms. The van der Waals surface area contributed by atoms with E-state index in [0.29, 0.717) is 12.8 Å². The standard InChI is InChI=1S/C18H20F3N3O4S/c1-11-16(12(2)28-22-11)29(26,27)23-15-7-9-24(10-8-15)17(25)13-3-5-14(6-4-13)18(19,20)21/h3-6,15,23H,7-10H2,1-2H3. The second-order valence-electron chi connectivity index (χ2n) is 6.92. The van der Waals surface area contributed by atoms with Crippen LogP contribution in [-0.2, 0) is 16.2 Å². The van der Waals surface area contributed by atoms with Gasteiger partial charge in [-0.3, -0.25) is 4.79 Å². The smallest absolute Gasteiger partial charge is 0.360 e. The highest BCUT2D eigenvalue weighted by molar-refractivity contribution is 7.89. The number of rotatable bonds is 4. The van der Waals surface area contributed by atoms with Gasteiger partial charge in [0.1, 0.15) is 10.6 Å². The number of amides is 1. The summed E-state index contributed by atoms with van der Waals surface area (Å²) >= 11 is 0. The highest BCUT2D eigenvalue weighted by atomic mass is 32.2. The van der Waals surface area contributed by atoms with Crippen LogP contribution >= 0.6 is 0 Å². The first kappa shape index (κ1) is 21.3. The van der Waals surface area contributed by atoms with Crippen molar-refractivity contribution >= 4 is 15.9 Å². The molecule has 1 aromatic carbocycles. The van der Waals surface area contributed by atoms with Crippen LogP contribution in [0.1, 0.15) is 40.2 Å². The molecule has 1 amide bonds. The van der Waals surface area contributed by atoms with Gasteiger partial charge < -0.3 is 9.42 Å². The molecule has 0 unspecified atom stereocenters. The number of aromatic nitrogens is 1. The quantitative estimate of drug-likeness (QED) is 0.804. The van der Waals surface area contributed by atoms with Gasteiger partial charge in [0.2, 0.25) is 10.0 Å². The van der Waals surface area contributed by atoms with Gasteiger partial charge in [-0.1, -0.05) is 5.16 Å². The summed E-state index contributed by atoms with van der Waals surface area (Å²) in [6.45, 7) is 3.62. The summed E-state index contributed by atoms with van der Waals surface area (Å²) in [6.07, 6.45) is -3.69. The molecule has 1 N–H and O–H groups in total. The first-order valence-corrected chi connectivity index (χ1v) is 10.4. The second kappa shape index (κ2) is 7.79. The van der Waals surface area contributed by atoms with Gasteiger partial charge in [-0.25, -0.2) is 13.1 Å². The Morgan fingerprint density at radius 2 is 1.76 bits per heavy atom. The van der Waals surface area contributed by atoms with Crippen molar-refractivity contribution in [2.75, 3.05) is 13.1 Å². The maximum absolute atomic E-state index is 12.6. The SMILES string of the molecule is Cc1noc(C)c1S(=O)(=O)NC1CCN(C(=O)c2ccc(C(F)(F)F)cc2)CC1. The Kier molecular flexibility index (Phi) is 5.72. The first-order valence-electron chi connectivity index (χ1n) is 8.91. The highest BCUT2D eigenvalue weighted by Crippen LogP contribution is 2.29. The minimum Gasteiger partial charge on any atom is -0.360 e. The number of piperidine rings is 1. The predicted octanol–water partition coefficient (Wildman–Crippen LogP) is 2.89. The number of aryl methyl sites for hydroxylation is 2.